The molecule has 3 rings (SSSR count). The highest BCUT2D eigenvalue weighted by molar-refractivity contribution is 6.04. The quantitative estimate of drug-likeness (QED) is 0.431. The first kappa shape index (κ1) is 24.2. The van der Waals surface area contributed by atoms with Gasteiger partial charge in [0.2, 0.25) is 5.91 Å². The smallest absolute Gasteiger partial charge is 0.255 e. The first-order chi connectivity index (χ1) is 15.9. The van der Waals surface area contributed by atoms with Crippen LogP contribution in [0.15, 0.2) is 78.9 Å². The van der Waals surface area contributed by atoms with Gasteiger partial charge in [0.15, 0.2) is 0 Å². The molecule has 0 aromatic heterocycles. The zero-order valence-electron chi connectivity index (χ0n) is 19.5. The van der Waals surface area contributed by atoms with Gasteiger partial charge in [-0.2, -0.15) is 0 Å². The molecule has 0 heterocycles. The molecule has 33 heavy (non-hydrogen) atoms. The van der Waals surface area contributed by atoms with E-state index in [0.717, 1.165) is 32.5 Å². The lowest BCUT2D eigenvalue weighted by molar-refractivity contribution is 0.0998. The number of carbonyl (C=O) groups is 2. The fourth-order valence-corrected chi connectivity index (χ4v) is 3.81. The van der Waals surface area contributed by atoms with Gasteiger partial charge in [0, 0.05) is 23.4 Å². The normalized spacial score (nSPS) is 11.8. The number of primary amides is 1. The number of carbonyl (C=O) groups excluding carboxylic acids is 2. The van der Waals surface area contributed by atoms with Gasteiger partial charge in [0.25, 0.3) is 5.91 Å². The Balaban J connectivity index is 1.49. The van der Waals surface area contributed by atoms with E-state index in [1.165, 1.54) is 11.1 Å². The maximum absolute atomic E-state index is 12.5. The SMILES string of the molecule is CCN(CCC(C)Cc1ccccc1)Cc1ccc(C(=O)Nc2ccc(C(N)=O)cc2)cc1. The lowest BCUT2D eigenvalue weighted by atomic mass is 9.98. The number of nitrogens with one attached hydrogen (secondary N) is 1. The van der Waals surface area contributed by atoms with Crippen molar-refractivity contribution < 1.29 is 9.59 Å². The Morgan fingerprint density at radius 2 is 1.52 bits per heavy atom. The van der Waals surface area contributed by atoms with E-state index in [0.29, 0.717) is 22.7 Å². The minimum absolute atomic E-state index is 0.185. The maximum atomic E-state index is 12.5. The number of amides is 2. The number of nitrogens with zero attached hydrogens (tertiary/aromatic N) is 1. The zero-order chi connectivity index (χ0) is 23.6. The van der Waals surface area contributed by atoms with Gasteiger partial charge in [-0.3, -0.25) is 14.5 Å². The molecule has 3 aromatic rings. The minimum Gasteiger partial charge on any atom is -0.366 e. The van der Waals surface area contributed by atoms with Gasteiger partial charge < -0.3 is 11.1 Å². The van der Waals surface area contributed by atoms with Crippen LogP contribution >= 0.6 is 0 Å². The minimum atomic E-state index is -0.491. The predicted molar refractivity (Wildman–Crippen MR) is 134 cm³/mol. The largest absolute Gasteiger partial charge is 0.366 e. The Hall–Kier alpha value is -3.44. The van der Waals surface area contributed by atoms with Crippen LogP contribution in [0.1, 0.15) is 52.1 Å². The second-order valence-corrected chi connectivity index (χ2v) is 8.54. The molecule has 0 radical (unpaired) electrons. The number of hydrogen-bond donors (Lipinski definition) is 2. The highest BCUT2D eigenvalue weighted by atomic mass is 16.2. The van der Waals surface area contributed by atoms with Crippen molar-refractivity contribution in [3.8, 4) is 0 Å². The summed E-state index contributed by atoms with van der Waals surface area (Å²) in [5.41, 5.74) is 9.46. The number of hydrogen-bond acceptors (Lipinski definition) is 3. The molecule has 0 aliphatic carbocycles. The Kier molecular flexibility index (Phi) is 8.79. The lowest BCUT2D eigenvalue weighted by Crippen LogP contribution is -2.25. The topological polar surface area (TPSA) is 75.4 Å². The van der Waals surface area contributed by atoms with Crippen molar-refractivity contribution in [1.82, 2.24) is 4.90 Å². The number of benzene rings is 3. The molecular weight excluding hydrogens is 410 g/mol. The van der Waals surface area contributed by atoms with Gasteiger partial charge >= 0.3 is 0 Å². The van der Waals surface area contributed by atoms with E-state index in [9.17, 15) is 9.59 Å². The maximum Gasteiger partial charge on any atom is 0.255 e. The molecule has 2 amide bonds. The first-order valence-electron chi connectivity index (χ1n) is 11.5. The monoisotopic (exact) mass is 443 g/mol. The molecule has 0 spiro atoms. The summed E-state index contributed by atoms with van der Waals surface area (Å²) >= 11 is 0. The third-order valence-electron chi connectivity index (χ3n) is 5.86. The zero-order valence-corrected chi connectivity index (χ0v) is 19.5. The van der Waals surface area contributed by atoms with Crippen molar-refractivity contribution in [2.24, 2.45) is 11.7 Å². The molecule has 0 aliphatic rings. The molecule has 3 aromatic carbocycles. The molecule has 5 heteroatoms. The van der Waals surface area contributed by atoms with E-state index in [2.05, 4.69) is 54.4 Å². The van der Waals surface area contributed by atoms with E-state index in [1.807, 2.05) is 24.3 Å². The molecule has 0 saturated heterocycles. The summed E-state index contributed by atoms with van der Waals surface area (Å²) in [6.45, 7) is 7.41. The fourth-order valence-electron chi connectivity index (χ4n) is 3.81. The van der Waals surface area contributed by atoms with Gasteiger partial charge in [-0.1, -0.05) is 56.3 Å². The standard InChI is InChI=1S/C28H33N3O2/c1-3-31(18-17-21(2)19-22-7-5-4-6-8-22)20-23-9-11-25(12-10-23)28(33)30-26-15-13-24(14-16-26)27(29)32/h4-16,21H,3,17-20H2,1-2H3,(H2,29,32)(H,30,33). The van der Waals surface area contributed by atoms with Crippen LogP contribution in [0.2, 0.25) is 0 Å². The molecule has 1 unspecified atom stereocenters. The van der Waals surface area contributed by atoms with Crippen molar-refractivity contribution >= 4 is 17.5 Å². The molecule has 0 fully saturated rings. The van der Waals surface area contributed by atoms with Gasteiger partial charge in [-0.15, -0.1) is 0 Å². The summed E-state index contributed by atoms with van der Waals surface area (Å²) in [7, 11) is 0. The number of rotatable bonds is 11. The van der Waals surface area contributed by atoms with E-state index >= 15 is 0 Å². The summed E-state index contributed by atoms with van der Waals surface area (Å²) in [6.07, 6.45) is 2.26. The van der Waals surface area contributed by atoms with Crippen LogP contribution in [0.25, 0.3) is 0 Å². The van der Waals surface area contributed by atoms with Gasteiger partial charge in [0.05, 0.1) is 0 Å². The summed E-state index contributed by atoms with van der Waals surface area (Å²) in [5, 5.41) is 2.85. The molecule has 1 atom stereocenters. The highest BCUT2D eigenvalue weighted by Gasteiger charge is 2.10. The van der Waals surface area contributed by atoms with E-state index in [4.69, 9.17) is 5.73 Å². The molecule has 172 valence electrons. The lowest BCUT2D eigenvalue weighted by Gasteiger charge is -2.22. The predicted octanol–water partition coefficient (Wildman–Crippen LogP) is 5.13. The second kappa shape index (κ2) is 12.0. The molecular formula is C28H33N3O2. The molecule has 0 saturated carbocycles. The van der Waals surface area contributed by atoms with Crippen LogP contribution in [0.3, 0.4) is 0 Å². The van der Waals surface area contributed by atoms with Crippen LogP contribution in [-0.4, -0.2) is 29.8 Å². The molecule has 0 bridgehead atoms. The molecule has 0 aliphatic heterocycles. The third-order valence-corrected chi connectivity index (χ3v) is 5.86. The van der Waals surface area contributed by atoms with Crippen molar-refractivity contribution in [3.63, 3.8) is 0 Å². The van der Waals surface area contributed by atoms with Crippen LogP contribution < -0.4 is 11.1 Å². The summed E-state index contributed by atoms with van der Waals surface area (Å²) in [6, 6.07) is 24.9. The summed E-state index contributed by atoms with van der Waals surface area (Å²) in [4.78, 5) is 26.1. The Morgan fingerprint density at radius 1 is 0.879 bits per heavy atom. The van der Waals surface area contributed by atoms with Crippen LogP contribution in [-0.2, 0) is 13.0 Å². The average molecular weight is 444 g/mol. The van der Waals surface area contributed by atoms with Crippen molar-refractivity contribution in [2.75, 3.05) is 18.4 Å². The highest BCUT2D eigenvalue weighted by Crippen LogP contribution is 2.15. The molecule has 5 nitrogen and oxygen atoms in total. The van der Waals surface area contributed by atoms with Crippen molar-refractivity contribution in [3.05, 3.63) is 101 Å². The van der Waals surface area contributed by atoms with Crippen LogP contribution in [0, 0.1) is 5.92 Å². The average Bonchev–Trinajstić information content (AvgIpc) is 2.83. The van der Waals surface area contributed by atoms with Crippen LogP contribution in [0.4, 0.5) is 5.69 Å². The number of nitrogens with two attached hydrogens (primary N) is 1. The fraction of sp³-hybridized carbons (Fsp3) is 0.286. The second-order valence-electron chi connectivity index (χ2n) is 8.54. The van der Waals surface area contributed by atoms with Crippen LogP contribution in [0.5, 0.6) is 0 Å². The Bertz CT molecular complexity index is 1030. The van der Waals surface area contributed by atoms with E-state index < -0.39 is 5.91 Å². The van der Waals surface area contributed by atoms with Gasteiger partial charge in [-0.25, -0.2) is 0 Å². The van der Waals surface area contributed by atoms with E-state index in [-0.39, 0.29) is 5.91 Å². The summed E-state index contributed by atoms with van der Waals surface area (Å²) in [5.74, 6) is -0.0461. The van der Waals surface area contributed by atoms with Gasteiger partial charge in [0.1, 0.15) is 0 Å². The van der Waals surface area contributed by atoms with E-state index in [1.54, 1.807) is 24.3 Å². The number of anilines is 1. The molecule has 3 N–H and O–H groups in total. The van der Waals surface area contributed by atoms with Crippen molar-refractivity contribution in [1.29, 1.82) is 0 Å². The van der Waals surface area contributed by atoms with Gasteiger partial charge in [-0.05, 0) is 79.4 Å². The third kappa shape index (κ3) is 7.58. The Labute approximate surface area is 196 Å². The Morgan fingerprint density at radius 3 is 2.12 bits per heavy atom. The first-order valence-corrected chi connectivity index (χ1v) is 11.5. The summed E-state index contributed by atoms with van der Waals surface area (Å²) < 4.78 is 0. The van der Waals surface area contributed by atoms with Crippen molar-refractivity contribution in [2.45, 2.75) is 33.2 Å².